The summed E-state index contributed by atoms with van der Waals surface area (Å²) in [5.74, 6) is 2.70. The number of aliphatic imine (C=N–C) groups is 1. The normalized spacial score (nSPS) is 28.1. The average Bonchev–Trinajstić information content (AvgIpc) is 3.09. The highest BCUT2D eigenvalue weighted by Gasteiger charge is 2.53. The first-order valence-electron chi connectivity index (χ1n) is 9.21. The first kappa shape index (κ1) is 18.2. The summed E-state index contributed by atoms with van der Waals surface area (Å²) in [5, 5.41) is 3.12. The summed E-state index contributed by atoms with van der Waals surface area (Å²) in [6.45, 7) is 1.27. The molecule has 6 heteroatoms. The molecule has 4 rings (SSSR count). The van der Waals surface area contributed by atoms with Gasteiger partial charge >= 0.3 is 0 Å². The lowest BCUT2D eigenvalue weighted by atomic mass is 9.74. The van der Waals surface area contributed by atoms with Gasteiger partial charge in [0, 0.05) is 24.9 Å². The lowest BCUT2D eigenvalue weighted by Crippen LogP contribution is -2.46. The fraction of sp³-hybridized carbons (Fsp3) is 0.429. The molecule has 3 unspecified atom stereocenters. The number of hydrogen-bond acceptors (Lipinski definition) is 5. The summed E-state index contributed by atoms with van der Waals surface area (Å²) in [6, 6.07) is 5.68. The van der Waals surface area contributed by atoms with E-state index < -0.39 is 0 Å². The van der Waals surface area contributed by atoms with Crippen molar-refractivity contribution in [2.45, 2.75) is 17.7 Å². The number of amides is 1. The topological polar surface area (TPSA) is 59.9 Å². The number of benzene rings is 1. The number of carbonyl (C=O) groups excluding carboxylic acids is 1. The molecule has 0 aromatic heterocycles. The number of ether oxygens (including phenoxy) is 2. The number of hydrogen-bond donors (Lipinski definition) is 1. The average molecular weight is 385 g/mol. The van der Waals surface area contributed by atoms with Crippen LogP contribution in [-0.4, -0.2) is 42.9 Å². The molecule has 142 valence electrons. The van der Waals surface area contributed by atoms with E-state index >= 15 is 0 Å². The van der Waals surface area contributed by atoms with Crippen LogP contribution in [0.15, 0.2) is 47.5 Å². The van der Waals surface area contributed by atoms with Crippen LogP contribution in [-0.2, 0) is 11.3 Å². The van der Waals surface area contributed by atoms with Gasteiger partial charge in [-0.25, -0.2) is 0 Å². The highest BCUT2D eigenvalue weighted by atomic mass is 32.2. The van der Waals surface area contributed by atoms with Crippen LogP contribution in [0.2, 0.25) is 0 Å². The van der Waals surface area contributed by atoms with Crippen molar-refractivity contribution in [1.82, 2.24) is 5.32 Å². The van der Waals surface area contributed by atoms with E-state index in [1.54, 1.807) is 14.2 Å². The number of thioether (sulfide) groups is 1. The number of allylic oxidation sites excluding steroid dienone is 3. The van der Waals surface area contributed by atoms with Crippen molar-refractivity contribution < 1.29 is 14.3 Å². The van der Waals surface area contributed by atoms with E-state index in [4.69, 9.17) is 14.5 Å². The predicted octanol–water partition coefficient (Wildman–Crippen LogP) is 3.01. The van der Waals surface area contributed by atoms with Crippen LogP contribution in [0.25, 0.3) is 0 Å². The molecule has 0 radical (unpaired) electrons. The number of carbonyl (C=O) groups is 1. The zero-order chi connectivity index (χ0) is 18.9. The Bertz CT molecular complexity index is 810. The molecule has 3 atom stereocenters. The molecule has 3 aliphatic rings. The Morgan fingerprint density at radius 3 is 2.78 bits per heavy atom. The highest BCUT2D eigenvalue weighted by molar-refractivity contribution is 8.02. The monoisotopic (exact) mass is 384 g/mol. The zero-order valence-electron chi connectivity index (χ0n) is 15.6. The third kappa shape index (κ3) is 3.27. The van der Waals surface area contributed by atoms with Crippen molar-refractivity contribution >= 4 is 23.4 Å². The number of methoxy groups -OCH3 is 2. The molecule has 1 spiro atoms. The molecule has 1 amide bonds. The van der Waals surface area contributed by atoms with Gasteiger partial charge in [0.2, 0.25) is 5.91 Å². The molecular weight excluding hydrogens is 360 g/mol. The van der Waals surface area contributed by atoms with E-state index in [0.717, 1.165) is 41.5 Å². The van der Waals surface area contributed by atoms with Gasteiger partial charge in [-0.2, -0.15) is 0 Å². The molecule has 1 saturated heterocycles. The van der Waals surface area contributed by atoms with Gasteiger partial charge in [0.25, 0.3) is 0 Å². The molecular formula is C21H24N2O3S. The first-order chi connectivity index (χ1) is 13.2. The summed E-state index contributed by atoms with van der Waals surface area (Å²) in [6.07, 6.45) is 9.42. The molecule has 2 aliphatic heterocycles. The van der Waals surface area contributed by atoms with Crippen LogP contribution in [0.1, 0.15) is 12.0 Å². The zero-order valence-corrected chi connectivity index (χ0v) is 16.4. The second-order valence-electron chi connectivity index (χ2n) is 7.03. The Morgan fingerprint density at radius 1 is 1.26 bits per heavy atom. The van der Waals surface area contributed by atoms with Gasteiger partial charge < -0.3 is 14.8 Å². The molecule has 5 nitrogen and oxygen atoms in total. The Hall–Kier alpha value is -2.21. The van der Waals surface area contributed by atoms with Crippen molar-refractivity contribution in [2.24, 2.45) is 16.8 Å². The molecule has 27 heavy (non-hydrogen) atoms. The van der Waals surface area contributed by atoms with Gasteiger partial charge in [0.1, 0.15) is 11.5 Å². The minimum Gasteiger partial charge on any atom is -0.497 e. The molecule has 1 aromatic carbocycles. The van der Waals surface area contributed by atoms with Crippen molar-refractivity contribution in [3.63, 3.8) is 0 Å². The van der Waals surface area contributed by atoms with E-state index in [1.165, 1.54) is 0 Å². The van der Waals surface area contributed by atoms with Crippen molar-refractivity contribution in [3.05, 3.63) is 48.1 Å². The second kappa shape index (κ2) is 7.43. The maximum absolute atomic E-state index is 13.0. The molecule has 0 bridgehead atoms. The van der Waals surface area contributed by atoms with Crippen LogP contribution in [0.5, 0.6) is 11.5 Å². The summed E-state index contributed by atoms with van der Waals surface area (Å²) in [7, 11) is 3.25. The number of nitrogens with zero attached hydrogens (tertiary/aromatic N) is 1. The fourth-order valence-corrected chi connectivity index (χ4v) is 6.00. The van der Waals surface area contributed by atoms with E-state index in [-0.39, 0.29) is 16.6 Å². The van der Waals surface area contributed by atoms with E-state index in [2.05, 4.69) is 23.5 Å². The summed E-state index contributed by atoms with van der Waals surface area (Å²) >= 11 is 1.86. The molecule has 1 fully saturated rings. The van der Waals surface area contributed by atoms with Crippen LogP contribution in [0.3, 0.4) is 0 Å². The third-order valence-electron chi connectivity index (χ3n) is 5.58. The largest absolute Gasteiger partial charge is 0.497 e. The molecule has 0 saturated carbocycles. The van der Waals surface area contributed by atoms with Crippen LogP contribution in [0, 0.1) is 11.8 Å². The van der Waals surface area contributed by atoms with Crippen LogP contribution in [0.4, 0.5) is 0 Å². The first-order valence-corrected chi connectivity index (χ1v) is 10.2. The van der Waals surface area contributed by atoms with E-state index in [1.807, 2.05) is 36.0 Å². The fourth-order valence-electron chi connectivity index (χ4n) is 4.21. The molecule has 2 heterocycles. The van der Waals surface area contributed by atoms with Crippen LogP contribution < -0.4 is 14.8 Å². The molecule has 1 N–H and O–H groups in total. The maximum atomic E-state index is 13.0. The summed E-state index contributed by atoms with van der Waals surface area (Å²) in [4.78, 5) is 17.7. The lowest BCUT2D eigenvalue weighted by Gasteiger charge is -2.38. The van der Waals surface area contributed by atoms with Gasteiger partial charge in [-0.15, -0.1) is 11.8 Å². The van der Waals surface area contributed by atoms with Crippen molar-refractivity contribution in [1.29, 1.82) is 0 Å². The SMILES string of the molecule is COc1cc(CNC(=O)C2CSC34C=CC=CC3=NCCC24)cc(OC)c1. The van der Waals surface area contributed by atoms with Gasteiger partial charge in [-0.3, -0.25) is 9.79 Å². The predicted molar refractivity (Wildman–Crippen MR) is 109 cm³/mol. The van der Waals surface area contributed by atoms with Gasteiger partial charge in [-0.1, -0.05) is 18.2 Å². The highest BCUT2D eigenvalue weighted by Crippen LogP contribution is 2.52. The lowest BCUT2D eigenvalue weighted by molar-refractivity contribution is -0.125. The summed E-state index contributed by atoms with van der Waals surface area (Å²) < 4.78 is 10.5. The van der Waals surface area contributed by atoms with Gasteiger partial charge in [0.15, 0.2) is 0 Å². The minimum atomic E-state index is -0.117. The molecule has 1 aromatic rings. The van der Waals surface area contributed by atoms with Gasteiger partial charge in [0.05, 0.1) is 30.6 Å². The number of rotatable bonds is 5. The summed E-state index contributed by atoms with van der Waals surface area (Å²) in [5.41, 5.74) is 2.09. The van der Waals surface area contributed by atoms with Crippen molar-refractivity contribution in [3.8, 4) is 11.5 Å². The molecule has 1 aliphatic carbocycles. The second-order valence-corrected chi connectivity index (χ2v) is 8.33. The third-order valence-corrected chi connectivity index (χ3v) is 7.24. The van der Waals surface area contributed by atoms with Crippen molar-refractivity contribution in [2.75, 3.05) is 26.5 Å². The maximum Gasteiger partial charge on any atom is 0.224 e. The van der Waals surface area contributed by atoms with Gasteiger partial charge in [-0.05, 0) is 36.1 Å². The Kier molecular flexibility index (Phi) is 5.00. The smallest absolute Gasteiger partial charge is 0.224 e. The van der Waals surface area contributed by atoms with E-state index in [0.29, 0.717) is 12.5 Å². The van der Waals surface area contributed by atoms with E-state index in [9.17, 15) is 4.79 Å². The Balaban J connectivity index is 1.46. The standard InChI is InChI=1S/C21H24N2O3S/c1-25-15-9-14(10-16(11-15)26-2)12-23-20(24)17-13-27-21-7-4-3-5-19(21)22-8-6-18(17)21/h3-5,7,9-11,17-18H,6,8,12-13H2,1-2H3,(H,23,24). The minimum absolute atomic E-state index is 0.00385. The Labute approximate surface area is 163 Å². The number of nitrogens with one attached hydrogen (secondary N) is 1. The quantitative estimate of drug-likeness (QED) is 0.848. The Morgan fingerprint density at radius 2 is 2.04 bits per heavy atom. The van der Waals surface area contributed by atoms with Crippen LogP contribution >= 0.6 is 11.8 Å².